The molecular weight excluding hydrogens is 210 g/mol. The van der Waals surface area contributed by atoms with Gasteiger partial charge in [0.15, 0.2) is 0 Å². The molecule has 0 aliphatic heterocycles. The Morgan fingerprint density at radius 1 is 1.47 bits per heavy atom. The molecule has 0 radical (unpaired) electrons. The van der Waals surface area contributed by atoms with Gasteiger partial charge in [0.1, 0.15) is 0 Å². The molecule has 1 aromatic heterocycles. The van der Waals surface area contributed by atoms with Gasteiger partial charge >= 0.3 is 0 Å². The van der Waals surface area contributed by atoms with Gasteiger partial charge in [-0.3, -0.25) is 4.98 Å². The smallest absolute Gasteiger partial charge is 0.0300 e. The van der Waals surface area contributed by atoms with Crippen molar-refractivity contribution in [3.05, 3.63) is 30.1 Å². The largest absolute Gasteiger partial charge is 0.319 e. The predicted octanol–water partition coefficient (Wildman–Crippen LogP) is 1.56. The molecular formula is C14H23N3. The average Bonchev–Trinajstić information content (AvgIpc) is 3.08. The topological polar surface area (TPSA) is 28.2 Å². The van der Waals surface area contributed by atoms with Crippen LogP contribution in [0.25, 0.3) is 0 Å². The van der Waals surface area contributed by atoms with E-state index in [0.717, 1.165) is 19.5 Å². The fourth-order valence-corrected chi connectivity index (χ4v) is 2.46. The molecule has 0 unspecified atom stereocenters. The number of nitrogens with zero attached hydrogens (tertiary/aromatic N) is 2. The van der Waals surface area contributed by atoms with E-state index in [-0.39, 0.29) is 0 Å². The molecule has 1 aliphatic carbocycles. The minimum absolute atomic E-state index is 0.568. The Balaban J connectivity index is 1.73. The Kier molecular flexibility index (Phi) is 4.13. The third-order valence-corrected chi connectivity index (χ3v) is 3.62. The first-order chi connectivity index (χ1) is 8.24. The Morgan fingerprint density at radius 3 is 2.88 bits per heavy atom. The highest BCUT2D eigenvalue weighted by atomic mass is 15.1. The van der Waals surface area contributed by atoms with Crippen LogP contribution < -0.4 is 5.32 Å². The summed E-state index contributed by atoms with van der Waals surface area (Å²) in [7, 11) is 4.28. The van der Waals surface area contributed by atoms with Crippen molar-refractivity contribution in [2.45, 2.75) is 19.3 Å². The summed E-state index contributed by atoms with van der Waals surface area (Å²) in [6.45, 7) is 3.50. The van der Waals surface area contributed by atoms with Crippen molar-refractivity contribution in [1.29, 1.82) is 0 Å². The molecule has 3 heteroatoms. The van der Waals surface area contributed by atoms with Crippen molar-refractivity contribution in [3.8, 4) is 0 Å². The zero-order chi connectivity index (χ0) is 12.1. The molecule has 0 saturated heterocycles. The van der Waals surface area contributed by atoms with Crippen LogP contribution in [0.3, 0.4) is 0 Å². The van der Waals surface area contributed by atoms with Crippen LogP contribution in [0.15, 0.2) is 24.5 Å². The minimum atomic E-state index is 0.568. The van der Waals surface area contributed by atoms with Crippen LogP contribution in [-0.4, -0.2) is 43.6 Å². The summed E-state index contributed by atoms with van der Waals surface area (Å²) in [6, 6.07) is 4.17. The molecule has 1 aromatic rings. The van der Waals surface area contributed by atoms with E-state index in [4.69, 9.17) is 0 Å². The molecule has 0 bridgehead atoms. The third-order valence-electron chi connectivity index (χ3n) is 3.62. The summed E-state index contributed by atoms with van der Waals surface area (Å²) in [4.78, 5) is 6.61. The van der Waals surface area contributed by atoms with Crippen LogP contribution in [-0.2, 0) is 6.42 Å². The molecule has 0 atom stereocenters. The molecule has 1 aliphatic rings. The number of hydrogen-bond donors (Lipinski definition) is 1. The Labute approximate surface area is 104 Å². The number of likely N-dealkylation sites (N-methyl/N-ethyl adjacent to an activating group) is 1. The van der Waals surface area contributed by atoms with Crippen molar-refractivity contribution < 1.29 is 0 Å². The van der Waals surface area contributed by atoms with Gasteiger partial charge in [0.05, 0.1) is 0 Å². The zero-order valence-electron chi connectivity index (χ0n) is 10.9. The van der Waals surface area contributed by atoms with Crippen LogP contribution >= 0.6 is 0 Å². The first kappa shape index (κ1) is 12.5. The SMILES string of the molecule is CNCC1(CN(C)CCc2cccnc2)CC1. The lowest BCUT2D eigenvalue weighted by Gasteiger charge is -2.23. The van der Waals surface area contributed by atoms with E-state index < -0.39 is 0 Å². The molecule has 94 valence electrons. The molecule has 3 nitrogen and oxygen atoms in total. The standard InChI is InChI=1S/C14H23N3/c1-15-11-14(6-7-14)12-17(2)9-5-13-4-3-8-16-10-13/h3-4,8,10,15H,5-7,9,11-12H2,1-2H3. The van der Waals surface area contributed by atoms with Gasteiger partial charge in [-0.05, 0) is 50.4 Å². The average molecular weight is 233 g/mol. The van der Waals surface area contributed by atoms with Crippen LogP contribution in [0.4, 0.5) is 0 Å². The maximum Gasteiger partial charge on any atom is 0.0300 e. The van der Waals surface area contributed by atoms with E-state index >= 15 is 0 Å². The van der Waals surface area contributed by atoms with Crippen molar-refractivity contribution in [3.63, 3.8) is 0 Å². The summed E-state index contributed by atoms with van der Waals surface area (Å²) in [5.74, 6) is 0. The molecule has 1 fully saturated rings. The van der Waals surface area contributed by atoms with Crippen molar-refractivity contribution in [2.24, 2.45) is 5.41 Å². The maximum atomic E-state index is 4.15. The van der Waals surface area contributed by atoms with E-state index in [2.05, 4.69) is 35.4 Å². The molecule has 0 amide bonds. The second-order valence-corrected chi connectivity index (χ2v) is 5.38. The van der Waals surface area contributed by atoms with Crippen molar-refractivity contribution in [2.75, 3.05) is 33.7 Å². The van der Waals surface area contributed by atoms with E-state index in [9.17, 15) is 0 Å². The highest BCUT2D eigenvalue weighted by Gasteiger charge is 2.42. The van der Waals surface area contributed by atoms with Gasteiger partial charge in [0.25, 0.3) is 0 Å². The molecule has 1 heterocycles. The lowest BCUT2D eigenvalue weighted by atomic mass is 10.1. The van der Waals surface area contributed by atoms with E-state index in [1.54, 1.807) is 0 Å². The van der Waals surface area contributed by atoms with Crippen LogP contribution in [0.2, 0.25) is 0 Å². The number of rotatable bonds is 7. The number of aromatic nitrogens is 1. The lowest BCUT2D eigenvalue weighted by Crippen LogP contribution is -2.33. The van der Waals surface area contributed by atoms with E-state index in [1.165, 1.54) is 24.9 Å². The molecule has 1 saturated carbocycles. The lowest BCUT2D eigenvalue weighted by molar-refractivity contribution is 0.262. The Morgan fingerprint density at radius 2 is 2.29 bits per heavy atom. The quantitative estimate of drug-likeness (QED) is 0.774. The summed E-state index contributed by atoms with van der Waals surface area (Å²) in [6.07, 6.45) is 7.66. The Bertz CT molecular complexity index is 333. The first-order valence-corrected chi connectivity index (χ1v) is 6.46. The summed E-state index contributed by atoms with van der Waals surface area (Å²) in [5, 5.41) is 3.31. The monoisotopic (exact) mass is 233 g/mol. The fourth-order valence-electron chi connectivity index (χ4n) is 2.46. The highest BCUT2D eigenvalue weighted by molar-refractivity contribution is 5.08. The molecule has 0 aromatic carbocycles. The van der Waals surface area contributed by atoms with Gasteiger partial charge in [-0.2, -0.15) is 0 Å². The van der Waals surface area contributed by atoms with Gasteiger partial charge in [-0.1, -0.05) is 6.07 Å². The second-order valence-electron chi connectivity index (χ2n) is 5.38. The van der Waals surface area contributed by atoms with Gasteiger partial charge in [0, 0.05) is 32.0 Å². The van der Waals surface area contributed by atoms with E-state index in [1.807, 2.05) is 18.5 Å². The summed E-state index contributed by atoms with van der Waals surface area (Å²) in [5.41, 5.74) is 1.90. The second kappa shape index (κ2) is 5.61. The molecule has 17 heavy (non-hydrogen) atoms. The maximum absolute atomic E-state index is 4.15. The number of hydrogen-bond acceptors (Lipinski definition) is 3. The highest BCUT2D eigenvalue weighted by Crippen LogP contribution is 2.45. The zero-order valence-corrected chi connectivity index (χ0v) is 10.9. The number of nitrogens with one attached hydrogen (secondary N) is 1. The fraction of sp³-hybridized carbons (Fsp3) is 0.643. The molecule has 2 rings (SSSR count). The van der Waals surface area contributed by atoms with Gasteiger partial charge in [-0.15, -0.1) is 0 Å². The molecule has 1 N–H and O–H groups in total. The Hall–Kier alpha value is -0.930. The van der Waals surface area contributed by atoms with Crippen molar-refractivity contribution in [1.82, 2.24) is 15.2 Å². The predicted molar refractivity (Wildman–Crippen MR) is 71.0 cm³/mol. The number of pyridine rings is 1. The van der Waals surface area contributed by atoms with Gasteiger partial charge in [0.2, 0.25) is 0 Å². The van der Waals surface area contributed by atoms with E-state index in [0.29, 0.717) is 5.41 Å². The molecule has 0 spiro atoms. The normalized spacial score (nSPS) is 17.4. The summed E-state index contributed by atoms with van der Waals surface area (Å²) < 4.78 is 0. The first-order valence-electron chi connectivity index (χ1n) is 6.46. The van der Waals surface area contributed by atoms with Crippen LogP contribution in [0, 0.1) is 5.41 Å². The van der Waals surface area contributed by atoms with Gasteiger partial charge in [-0.25, -0.2) is 0 Å². The third kappa shape index (κ3) is 3.79. The summed E-state index contributed by atoms with van der Waals surface area (Å²) >= 11 is 0. The van der Waals surface area contributed by atoms with Crippen LogP contribution in [0.5, 0.6) is 0 Å². The minimum Gasteiger partial charge on any atom is -0.319 e. The van der Waals surface area contributed by atoms with Gasteiger partial charge < -0.3 is 10.2 Å². The van der Waals surface area contributed by atoms with Crippen LogP contribution in [0.1, 0.15) is 18.4 Å². The van der Waals surface area contributed by atoms with Crippen molar-refractivity contribution >= 4 is 0 Å².